The van der Waals surface area contributed by atoms with Crippen LogP contribution in [0, 0.1) is 17.3 Å². The average molecular weight is 276 g/mol. The zero-order chi connectivity index (χ0) is 13.9. The van der Waals surface area contributed by atoms with Crippen molar-refractivity contribution in [2.75, 3.05) is 13.6 Å². The number of alkyl halides is 6. The first-order valence-corrected chi connectivity index (χ1v) is 5.17. The number of likely N-dealkylation sites (N-methyl/N-ethyl adjacent to an activating group) is 1. The minimum Gasteiger partial charge on any atom is -0.358 e. The number of hydrogen-bond donors (Lipinski definition) is 2. The van der Waals surface area contributed by atoms with Crippen LogP contribution in [0.1, 0.15) is 0 Å². The monoisotopic (exact) mass is 276 g/mol. The number of piperidine rings is 1. The molecule has 3 nitrogen and oxygen atoms in total. The molecule has 0 radical (unpaired) electrons. The molecule has 2 aliphatic rings. The Labute approximate surface area is 97.9 Å². The van der Waals surface area contributed by atoms with Crippen molar-refractivity contribution in [1.82, 2.24) is 10.6 Å². The molecule has 2 N–H and O–H groups in total. The molecular weight excluding hydrogens is 266 g/mol. The number of hydrogen-bond acceptors (Lipinski definition) is 2. The zero-order valence-electron chi connectivity index (χ0n) is 9.12. The average Bonchev–Trinajstić information content (AvgIpc) is 2.72. The molecule has 2 fully saturated rings. The van der Waals surface area contributed by atoms with Crippen LogP contribution < -0.4 is 10.6 Å². The molecule has 1 aliphatic carbocycles. The molecule has 1 aliphatic heterocycles. The third-order valence-electron chi connectivity index (χ3n) is 3.82. The van der Waals surface area contributed by atoms with E-state index < -0.39 is 48.1 Å². The summed E-state index contributed by atoms with van der Waals surface area (Å²) in [6, 6.07) is -1.44. The van der Waals surface area contributed by atoms with Crippen molar-refractivity contribution in [3.63, 3.8) is 0 Å². The summed E-state index contributed by atoms with van der Waals surface area (Å²) >= 11 is 0. The Hall–Kier alpha value is -0.990. The van der Waals surface area contributed by atoms with E-state index in [9.17, 15) is 31.1 Å². The molecule has 9 heteroatoms. The summed E-state index contributed by atoms with van der Waals surface area (Å²) in [5.41, 5.74) is -3.73. The highest BCUT2D eigenvalue weighted by Crippen LogP contribution is 2.76. The molecule has 0 aromatic rings. The van der Waals surface area contributed by atoms with Gasteiger partial charge in [0.05, 0.1) is 6.04 Å². The molecule has 104 valence electrons. The lowest BCUT2D eigenvalue weighted by molar-refractivity contribution is -0.312. The van der Waals surface area contributed by atoms with E-state index in [1.165, 1.54) is 7.05 Å². The fourth-order valence-electron chi connectivity index (χ4n) is 3.02. The predicted molar refractivity (Wildman–Crippen MR) is 47.4 cm³/mol. The van der Waals surface area contributed by atoms with E-state index in [1.54, 1.807) is 0 Å². The summed E-state index contributed by atoms with van der Waals surface area (Å²) in [4.78, 5) is 11.3. The number of nitrogens with one attached hydrogen (secondary N) is 2. The van der Waals surface area contributed by atoms with E-state index >= 15 is 0 Å². The molecular formula is C9H10F6N2O. The van der Waals surface area contributed by atoms with E-state index in [1.807, 2.05) is 0 Å². The maximum Gasteiger partial charge on any atom is 0.403 e. The zero-order valence-corrected chi connectivity index (χ0v) is 9.12. The number of carbonyl (C=O) groups excluding carboxylic acids is 1. The number of rotatable bonds is 1. The molecule has 1 heterocycles. The Balaban J connectivity index is 2.37. The van der Waals surface area contributed by atoms with E-state index in [0.717, 1.165) is 0 Å². The first-order valence-electron chi connectivity index (χ1n) is 5.17. The van der Waals surface area contributed by atoms with E-state index in [0.29, 0.717) is 0 Å². The van der Waals surface area contributed by atoms with Crippen LogP contribution in [0.25, 0.3) is 0 Å². The van der Waals surface area contributed by atoms with Crippen molar-refractivity contribution in [3.05, 3.63) is 0 Å². The maximum absolute atomic E-state index is 12.8. The normalized spacial score (nSPS) is 34.1. The maximum atomic E-state index is 12.8. The Morgan fingerprint density at radius 3 is 2.06 bits per heavy atom. The molecule has 0 bridgehead atoms. The quantitative estimate of drug-likeness (QED) is 0.703. The van der Waals surface area contributed by atoms with E-state index in [2.05, 4.69) is 10.6 Å². The van der Waals surface area contributed by atoms with Crippen LogP contribution in [0.5, 0.6) is 0 Å². The Kier molecular flexibility index (Phi) is 2.63. The first-order chi connectivity index (χ1) is 8.09. The topological polar surface area (TPSA) is 41.1 Å². The van der Waals surface area contributed by atoms with Crippen LogP contribution in [-0.2, 0) is 4.79 Å². The predicted octanol–water partition coefficient (Wildman–Crippen LogP) is 1.06. The van der Waals surface area contributed by atoms with E-state index in [4.69, 9.17) is 0 Å². The molecule has 1 saturated carbocycles. The van der Waals surface area contributed by atoms with Gasteiger partial charge in [0.15, 0.2) is 5.41 Å². The highest BCUT2D eigenvalue weighted by Gasteiger charge is 2.92. The number of fused-ring (bicyclic) bond motifs is 1. The van der Waals surface area contributed by atoms with Gasteiger partial charge < -0.3 is 10.6 Å². The summed E-state index contributed by atoms with van der Waals surface area (Å²) < 4.78 is 76.6. The van der Waals surface area contributed by atoms with Gasteiger partial charge in [0.2, 0.25) is 5.91 Å². The van der Waals surface area contributed by atoms with Crippen LogP contribution in [0.4, 0.5) is 26.3 Å². The van der Waals surface area contributed by atoms with Crippen LogP contribution >= 0.6 is 0 Å². The molecule has 0 aromatic carbocycles. The second kappa shape index (κ2) is 3.52. The summed E-state index contributed by atoms with van der Waals surface area (Å²) in [7, 11) is 1.17. The molecule has 3 atom stereocenters. The lowest BCUT2D eigenvalue weighted by atomic mass is 9.95. The smallest absolute Gasteiger partial charge is 0.358 e. The van der Waals surface area contributed by atoms with Crippen LogP contribution in [0.15, 0.2) is 0 Å². The van der Waals surface area contributed by atoms with Gasteiger partial charge in [-0.05, 0) is 0 Å². The lowest BCUT2D eigenvalue weighted by Gasteiger charge is -2.29. The van der Waals surface area contributed by atoms with Gasteiger partial charge in [0, 0.05) is 25.4 Å². The molecule has 2 rings (SSSR count). The third-order valence-corrected chi connectivity index (χ3v) is 3.82. The van der Waals surface area contributed by atoms with Crippen molar-refractivity contribution in [3.8, 4) is 0 Å². The Morgan fingerprint density at radius 1 is 1.22 bits per heavy atom. The standard InChI is InChI=1S/C9H10F6N2O/c1-16-6(18)5-4-3(2-17-5)7(4,8(10,11)12)9(13,14)15/h3-5,17H,2H2,1H3,(H,16,18)/t3-,4-,5?/m0/s1. The second-order valence-corrected chi connectivity index (χ2v) is 4.50. The summed E-state index contributed by atoms with van der Waals surface area (Å²) in [6.07, 6.45) is -10.8. The van der Waals surface area contributed by atoms with Crippen LogP contribution in [0.2, 0.25) is 0 Å². The van der Waals surface area contributed by atoms with Crippen molar-refractivity contribution >= 4 is 5.91 Å². The minimum atomic E-state index is -5.39. The van der Waals surface area contributed by atoms with Gasteiger partial charge in [-0.3, -0.25) is 4.79 Å². The second-order valence-electron chi connectivity index (χ2n) is 4.50. The fourth-order valence-corrected chi connectivity index (χ4v) is 3.02. The Morgan fingerprint density at radius 2 is 1.72 bits per heavy atom. The highest BCUT2D eigenvalue weighted by molar-refractivity contribution is 5.83. The van der Waals surface area contributed by atoms with Crippen molar-refractivity contribution in [2.45, 2.75) is 18.4 Å². The van der Waals surface area contributed by atoms with Crippen molar-refractivity contribution in [1.29, 1.82) is 0 Å². The summed E-state index contributed by atoms with van der Waals surface area (Å²) in [5.74, 6) is -4.23. The van der Waals surface area contributed by atoms with Gasteiger partial charge in [0.1, 0.15) is 0 Å². The van der Waals surface area contributed by atoms with Crippen molar-refractivity contribution < 1.29 is 31.1 Å². The molecule has 0 spiro atoms. The van der Waals surface area contributed by atoms with Gasteiger partial charge in [-0.1, -0.05) is 0 Å². The third kappa shape index (κ3) is 1.39. The fraction of sp³-hybridized carbons (Fsp3) is 0.889. The van der Waals surface area contributed by atoms with Crippen molar-refractivity contribution in [2.24, 2.45) is 17.3 Å². The SMILES string of the molecule is CNC(=O)C1NC[C@H]2[C@@H]1C2(C(F)(F)F)C(F)(F)F. The first kappa shape index (κ1) is 13.4. The van der Waals surface area contributed by atoms with Gasteiger partial charge in [-0.25, -0.2) is 0 Å². The minimum absolute atomic E-state index is 0.457. The van der Waals surface area contributed by atoms with Gasteiger partial charge in [-0.2, -0.15) is 26.3 Å². The van der Waals surface area contributed by atoms with Gasteiger partial charge >= 0.3 is 12.4 Å². The highest BCUT2D eigenvalue weighted by atomic mass is 19.4. The number of halogens is 6. The summed E-state index contributed by atoms with van der Waals surface area (Å²) in [5, 5.41) is 4.46. The molecule has 18 heavy (non-hydrogen) atoms. The van der Waals surface area contributed by atoms with Gasteiger partial charge in [0.25, 0.3) is 0 Å². The van der Waals surface area contributed by atoms with Crippen LogP contribution in [-0.4, -0.2) is 37.9 Å². The largest absolute Gasteiger partial charge is 0.403 e. The lowest BCUT2D eigenvalue weighted by Crippen LogP contribution is -2.51. The van der Waals surface area contributed by atoms with E-state index in [-0.39, 0.29) is 0 Å². The summed E-state index contributed by atoms with van der Waals surface area (Å²) in [6.45, 7) is -0.457. The Bertz CT molecular complexity index is 362. The van der Waals surface area contributed by atoms with Crippen LogP contribution in [0.3, 0.4) is 0 Å². The molecule has 1 saturated heterocycles. The number of carbonyl (C=O) groups is 1. The molecule has 0 aromatic heterocycles. The van der Waals surface area contributed by atoms with Gasteiger partial charge in [-0.15, -0.1) is 0 Å². The molecule has 1 amide bonds. The number of amides is 1. The molecule has 1 unspecified atom stereocenters.